The minimum Gasteiger partial charge on any atom is -0.329 e. The van der Waals surface area contributed by atoms with Crippen LogP contribution >= 0.6 is 11.8 Å². The van der Waals surface area contributed by atoms with Crippen molar-refractivity contribution in [3.8, 4) is 0 Å². The molecule has 0 saturated carbocycles. The van der Waals surface area contributed by atoms with Crippen LogP contribution in [0.2, 0.25) is 0 Å². The Morgan fingerprint density at radius 3 is 2.25 bits per heavy atom. The van der Waals surface area contributed by atoms with Crippen molar-refractivity contribution in [1.82, 2.24) is 10.3 Å². The van der Waals surface area contributed by atoms with E-state index in [1.54, 1.807) is 24.3 Å². The molecular weight excluding hydrogens is 497 g/mol. The van der Waals surface area contributed by atoms with E-state index in [-0.39, 0.29) is 16.1 Å². The summed E-state index contributed by atoms with van der Waals surface area (Å²) < 4.78 is 37.4. The van der Waals surface area contributed by atoms with E-state index in [9.17, 15) is 27.6 Å². The standard InChI is InChI=1S/C15H14F3NO2S.C8H11N5O/c1-2-3-8-19-13(20)12(22-14(19)21)9-10-4-6-11(7-5-10)15(16,17)18;9-12-8(13-10)6-1-3-7(4-2-6)11-5-14/h4-7,9H,2-3,8H2,1H3;1-5H,9-10H2,(H,11,14)(H,12,13)/b12-9-;. The average Bonchev–Trinajstić information content (AvgIpc) is 3.12. The van der Waals surface area contributed by atoms with Crippen LogP contribution in [0, 0.1) is 0 Å². The van der Waals surface area contributed by atoms with Crippen LogP contribution in [-0.2, 0) is 15.8 Å². The minimum atomic E-state index is -4.39. The van der Waals surface area contributed by atoms with Crippen LogP contribution in [0.5, 0.6) is 0 Å². The third-order valence-electron chi connectivity index (χ3n) is 4.79. The second kappa shape index (κ2) is 13.3. The lowest BCUT2D eigenvalue weighted by molar-refractivity contribution is -0.137. The predicted molar refractivity (Wildman–Crippen MR) is 133 cm³/mol. The number of nitrogens with two attached hydrogens (primary N) is 2. The molecular formula is C23H25F3N6O3S. The van der Waals surface area contributed by atoms with Crippen LogP contribution in [0.25, 0.3) is 6.08 Å². The van der Waals surface area contributed by atoms with Crippen molar-refractivity contribution >= 4 is 46.9 Å². The van der Waals surface area contributed by atoms with Crippen molar-refractivity contribution in [3.63, 3.8) is 0 Å². The van der Waals surface area contributed by atoms with Gasteiger partial charge in [-0.2, -0.15) is 18.3 Å². The number of amides is 3. The van der Waals surface area contributed by atoms with Crippen molar-refractivity contribution in [1.29, 1.82) is 0 Å². The topological polar surface area (TPSA) is 143 Å². The van der Waals surface area contributed by atoms with Gasteiger partial charge in [0.25, 0.3) is 11.1 Å². The van der Waals surface area contributed by atoms with Crippen molar-refractivity contribution < 1.29 is 27.6 Å². The quantitative estimate of drug-likeness (QED) is 0.108. The van der Waals surface area contributed by atoms with Crippen LogP contribution in [0.1, 0.15) is 36.5 Å². The summed E-state index contributed by atoms with van der Waals surface area (Å²) in [4.78, 5) is 35.4. The van der Waals surface area contributed by atoms with Crippen LogP contribution in [0.4, 0.5) is 23.7 Å². The summed E-state index contributed by atoms with van der Waals surface area (Å²) in [5.74, 6) is 10.3. The highest BCUT2D eigenvalue weighted by molar-refractivity contribution is 8.18. The lowest BCUT2D eigenvalue weighted by atomic mass is 10.1. The largest absolute Gasteiger partial charge is 0.416 e. The highest BCUT2D eigenvalue weighted by Gasteiger charge is 2.34. The third-order valence-corrected chi connectivity index (χ3v) is 5.70. The molecule has 0 unspecified atom stereocenters. The molecule has 0 atom stereocenters. The maximum atomic E-state index is 12.5. The van der Waals surface area contributed by atoms with Crippen LogP contribution in [0.15, 0.2) is 58.5 Å². The first-order chi connectivity index (χ1) is 17.1. The number of anilines is 1. The van der Waals surface area contributed by atoms with E-state index in [2.05, 4.69) is 15.8 Å². The van der Waals surface area contributed by atoms with Crippen LogP contribution in [-0.4, -0.2) is 34.8 Å². The van der Waals surface area contributed by atoms with Gasteiger partial charge in [-0.25, -0.2) is 5.84 Å². The molecule has 3 amide bonds. The number of carbonyl (C=O) groups is 3. The molecule has 2 aromatic rings. The Morgan fingerprint density at radius 1 is 1.11 bits per heavy atom. The smallest absolute Gasteiger partial charge is 0.329 e. The number of nitrogens with one attached hydrogen (secondary N) is 2. The number of hydrogen-bond acceptors (Lipinski definition) is 7. The minimum absolute atomic E-state index is 0.237. The van der Waals surface area contributed by atoms with Gasteiger partial charge in [0, 0.05) is 17.8 Å². The Bertz CT molecular complexity index is 1120. The van der Waals surface area contributed by atoms with Crippen LogP contribution in [0.3, 0.4) is 0 Å². The summed E-state index contributed by atoms with van der Waals surface area (Å²) in [6.45, 7) is 2.32. The molecule has 6 N–H and O–H groups in total. The Balaban J connectivity index is 0.000000281. The van der Waals surface area contributed by atoms with Gasteiger partial charge < -0.3 is 16.6 Å². The van der Waals surface area contributed by atoms with Crippen LogP contribution < -0.4 is 22.4 Å². The van der Waals surface area contributed by atoms with Crippen molar-refractivity contribution in [2.24, 2.45) is 16.8 Å². The normalized spacial score (nSPS) is 15.0. The number of nitrogens with zero attached hydrogens (tertiary/aromatic N) is 2. The molecule has 13 heteroatoms. The lowest BCUT2D eigenvalue weighted by Crippen LogP contribution is -2.31. The van der Waals surface area contributed by atoms with Crippen molar-refractivity contribution in [2.75, 3.05) is 11.9 Å². The zero-order valence-electron chi connectivity index (χ0n) is 19.2. The number of hydrogen-bond donors (Lipinski definition) is 4. The Kier molecular flexibility index (Phi) is 10.5. The Hall–Kier alpha value is -3.84. The number of hydrazine groups is 1. The fraction of sp³-hybridized carbons (Fsp3) is 0.217. The molecule has 1 aliphatic heterocycles. The van der Waals surface area contributed by atoms with Crippen molar-refractivity contribution in [2.45, 2.75) is 25.9 Å². The molecule has 0 radical (unpaired) electrons. The van der Waals surface area contributed by atoms with Gasteiger partial charge in [0.2, 0.25) is 6.41 Å². The molecule has 0 spiro atoms. The van der Waals surface area contributed by atoms with Gasteiger partial charge in [0.1, 0.15) is 0 Å². The average molecular weight is 523 g/mol. The van der Waals surface area contributed by atoms with E-state index in [0.29, 0.717) is 30.0 Å². The summed E-state index contributed by atoms with van der Waals surface area (Å²) in [7, 11) is 0. The van der Waals surface area contributed by atoms with E-state index >= 15 is 0 Å². The Labute approximate surface area is 209 Å². The lowest BCUT2D eigenvalue weighted by Gasteiger charge is -2.10. The first-order valence-electron chi connectivity index (χ1n) is 10.6. The molecule has 36 heavy (non-hydrogen) atoms. The zero-order valence-corrected chi connectivity index (χ0v) is 20.0. The van der Waals surface area contributed by atoms with E-state index in [4.69, 9.17) is 11.7 Å². The molecule has 0 bridgehead atoms. The SMILES string of the molecule is CCCCN1C(=O)S/C(=C\c2ccc(C(F)(F)F)cc2)C1=O.N/N=C(\NN)c1ccc(NC=O)cc1. The highest BCUT2D eigenvalue weighted by Crippen LogP contribution is 2.33. The molecule has 0 aromatic heterocycles. The first-order valence-corrected chi connectivity index (χ1v) is 11.4. The molecule has 1 fully saturated rings. The fourth-order valence-electron chi connectivity index (χ4n) is 2.92. The third kappa shape index (κ3) is 7.85. The summed E-state index contributed by atoms with van der Waals surface area (Å²) in [5, 5.41) is 5.61. The molecule has 1 heterocycles. The highest BCUT2D eigenvalue weighted by atomic mass is 32.2. The second-order valence-corrected chi connectivity index (χ2v) is 8.26. The number of hydrazone groups is 1. The number of amidine groups is 1. The number of rotatable bonds is 7. The number of benzene rings is 2. The molecule has 9 nitrogen and oxygen atoms in total. The number of unbranched alkanes of at least 4 members (excludes halogenated alkanes) is 1. The predicted octanol–water partition coefficient (Wildman–Crippen LogP) is 3.88. The number of carbonyl (C=O) groups excluding carboxylic acids is 3. The van der Waals surface area contributed by atoms with E-state index in [0.717, 1.165) is 42.3 Å². The molecule has 192 valence electrons. The first kappa shape index (κ1) is 28.4. The van der Waals surface area contributed by atoms with E-state index in [1.165, 1.54) is 23.1 Å². The second-order valence-electron chi connectivity index (χ2n) is 7.27. The van der Waals surface area contributed by atoms with Gasteiger partial charge in [-0.15, -0.1) is 0 Å². The molecule has 1 aliphatic rings. The maximum absolute atomic E-state index is 12.5. The summed E-state index contributed by atoms with van der Waals surface area (Å²) >= 11 is 0.813. The van der Waals surface area contributed by atoms with Gasteiger partial charge in [-0.05, 0) is 66.2 Å². The fourth-order valence-corrected chi connectivity index (χ4v) is 3.78. The van der Waals surface area contributed by atoms with Gasteiger partial charge in [-0.3, -0.25) is 19.3 Å². The molecule has 2 aromatic carbocycles. The van der Waals surface area contributed by atoms with Crippen molar-refractivity contribution in [3.05, 3.63) is 70.1 Å². The zero-order chi connectivity index (χ0) is 26.7. The number of thioether (sulfide) groups is 1. The molecule has 1 saturated heterocycles. The number of alkyl halides is 3. The Morgan fingerprint density at radius 2 is 1.75 bits per heavy atom. The number of imide groups is 1. The monoisotopic (exact) mass is 522 g/mol. The van der Waals surface area contributed by atoms with Gasteiger partial charge in [0.05, 0.1) is 10.5 Å². The van der Waals surface area contributed by atoms with E-state index < -0.39 is 11.7 Å². The summed E-state index contributed by atoms with van der Waals surface area (Å²) in [6.07, 6.45) is -0.757. The van der Waals surface area contributed by atoms with Gasteiger partial charge >= 0.3 is 6.18 Å². The molecule has 0 aliphatic carbocycles. The van der Waals surface area contributed by atoms with Gasteiger partial charge in [0.15, 0.2) is 5.84 Å². The van der Waals surface area contributed by atoms with E-state index in [1.807, 2.05) is 6.92 Å². The molecule has 3 rings (SSSR count). The van der Waals surface area contributed by atoms with Gasteiger partial charge in [-0.1, -0.05) is 25.5 Å². The summed E-state index contributed by atoms with van der Waals surface area (Å²) in [6, 6.07) is 11.4. The number of halogens is 3. The summed E-state index contributed by atoms with van der Waals surface area (Å²) in [5.41, 5.74) is 3.49. The maximum Gasteiger partial charge on any atom is 0.416 e.